The van der Waals surface area contributed by atoms with Gasteiger partial charge in [-0.3, -0.25) is 4.79 Å². The molecule has 1 amide bonds. The molecule has 3 aromatic carbocycles. The van der Waals surface area contributed by atoms with Crippen molar-refractivity contribution in [2.45, 2.75) is 48.6 Å². The molecule has 8 heteroatoms. The van der Waals surface area contributed by atoms with Crippen LogP contribution >= 0.6 is 11.8 Å². The number of carbonyl (C=O) groups excluding carboxylic acids is 1. The van der Waals surface area contributed by atoms with Crippen LogP contribution in [0.1, 0.15) is 36.8 Å². The quantitative estimate of drug-likeness (QED) is 0.289. The van der Waals surface area contributed by atoms with Gasteiger partial charge in [-0.15, -0.1) is 0 Å². The lowest BCUT2D eigenvalue weighted by atomic mass is 9.96. The van der Waals surface area contributed by atoms with Gasteiger partial charge in [-0.05, 0) is 61.1 Å². The number of aliphatic hydroxyl groups excluding tert-OH is 1. The normalized spacial score (nSPS) is 17.4. The number of benzene rings is 3. The van der Waals surface area contributed by atoms with Gasteiger partial charge in [0.15, 0.2) is 0 Å². The Bertz CT molecular complexity index is 1490. The molecule has 1 atom stereocenters. The first-order valence-corrected chi connectivity index (χ1v) is 15.0. The maximum Gasteiger partial charge on any atom is 0.227 e. The van der Waals surface area contributed by atoms with E-state index in [9.17, 15) is 9.90 Å². The van der Waals surface area contributed by atoms with Crippen LogP contribution in [0.5, 0.6) is 0 Å². The van der Waals surface area contributed by atoms with E-state index in [-0.39, 0.29) is 12.5 Å². The van der Waals surface area contributed by atoms with Crippen LogP contribution in [0.15, 0.2) is 82.6 Å². The summed E-state index contributed by atoms with van der Waals surface area (Å²) in [5.41, 5.74) is 2.94. The number of aliphatic hydroxyl groups is 1. The topological polar surface area (TPSA) is 81.6 Å². The Hall–Kier alpha value is -3.62. The van der Waals surface area contributed by atoms with Crippen molar-refractivity contribution in [1.29, 1.82) is 0 Å². The van der Waals surface area contributed by atoms with Crippen LogP contribution in [0.2, 0.25) is 0 Å². The molecule has 206 valence electrons. The van der Waals surface area contributed by atoms with Gasteiger partial charge < -0.3 is 20.2 Å². The molecule has 0 spiro atoms. The predicted octanol–water partition coefficient (Wildman–Crippen LogP) is 5.72. The summed E-state index contributed by atoms with van der Waals surface area (Å²) in [5, 5.41) is 14.3. The molecule has 2 saturated heterocycles. The van der Waals surface area contributed by atoms with Crippen molar-refractivity contribution in [3.63, 3.8) is 0 Å². The number of carbonyl (C=O) groups is 1. The highest BCUT2D eigenvalue weighted by Gasteiger charge is 2.31. The minimum absolute atomic E-state index is 0.0122. The van der Waals surface area contributed by atoms with Crippen molar-refractivity contribution in [3.05, 3.63) is 83.9 Å². The lowest BCUT2D eigenvalue weighted by molar-refractivity contribution is -0.134. The van der Waals surface area contributed by atoms with Gasteiger partial charge in [0.25, 0.3) is 0 Å². The molecule has 2 fully saturated rings. The number of hydrogen-bond donors (Lipinski definition) is 2. The van der Waals surface area contributed by atoms with Crippen molar-refractivity contribution >= 4 is 40.3 Å². The van der Waals surface area contributed by atoms with Gasteiger partial charge in [0.1, 0.15) is 5.82 Å². The maximum atomic E-state index is 13.2. The zero-order valence-corrected chi connectivity index (χ0v) is 23.4. The fourth-order valence-electron chi connectivity index (χ4n) is 5.72. The van der Waals surface area contributed by atoms with E-state index in [2.05, 4.69) is 28.4 Å². The molecule has 6 rings (SSSR count). The fraction of sp³-hybridized carbons (Fsp3) is 0.344. The molecule has 0 aliphatic carbocycles. The van der Waals surface area contributed by atoms with Gasteiger partial charge in [-0.1, -0.05) is 60.3 Å². The van der Waals surface area contributed by atoms with Crippen molar-refractivity contribution in [3.8, 4) is 0 Å². The van der Waals surface area contributed by atoms with E-state index in [0.717, 1.165) is 83.0 Å². The van der Waals surface area contributed by atoms with E-state index in [4.69, 9.17) is 9.97 Å². The second-order valence-corrected chi connectivity index (χ2v) is 11.6. The minimum Gasteiger partial charge on any atom is -0.392 e. The number of rotatable bonds is 8. The Morgan fingerprint density at radius 3 is 2.38 bits per heavy atom. The Morgan fingerprint density at radius 2 is 1.57 bits per heavy atom. The number of aromatic nitrogens is 2. The number of nitrogens with one attached hydrogen (secondary N) is 1. The van der Waals surface area contributed by atoms with Crippen LogP contribution in [-0.2, 0) is 17.9 Å². The van der Waals surface area contributed by atoms with Gasteiger partial charge in [-0.2, -0.15) is 4.98 Å². The molecule has 7 nitrogen and oxygen atoms in total. The third kappa shape index (κ3) is 5.78. The van der Waals surface area contributed by atoms with Crippen LogP contribution in [-0.4, -0.2) is 52.1 Å². The summed E-state index contributed by atoms with van der Waals surface area (Å²) in [6.45, 7) is 3.94. The first kappa shape index (κ1) is 26.6. The van der Waals surface area contributed by atoms with E-state index >= 15 is 0 Å². The summed E-state index contributed by atoms with van der Waals surface area (Å²) in [6, 6.07) is 24.4. The van der Waals surface area contributed by atoms with Gasteiger partial charge >= 0.3 is 0 Å². The van der Waals surface area contributed by atoms with Gasteiger partial charge in [0.2, 0.25) is 11.9 Å². The molecule has 3 heterocycles. The van der Waals surface area contributed by atoms with Crippen LogP contribution in [0, 0.1) is 5.92 Å². The first-order chi connectivity index (χ1) is 19.7. The van der Waals surface area contributed by atoms with E-state index < -0.39 is 0 Å². The standard InChI is InChI=1S/C32H35N5O2S/c38-22-25-11-2-6-16-29(25)40-28-15-5-1-10-23(28)20-33-32-34-27-14-4-3-13-26(27)30(35-32)37-19-9-12-24(21-37)31(39)36-17-7-8-18-36/h1-6,10-11,13-16,24,38H,7-9,12,17-22H2,(H,33,34,35). The summed E-state index contributed by atoms with van der Waals surface area (Å²) in [5.74, 6) is 1.79. The van der Waals surface area contributed by atoms with Gasteiger partial charge in [-0.25, -0.2) is 4.98 Å². The number of amides is 1. The summed E-state index contributed by atoms with van der Waals surface area (Å²) >= 11 is 1.66. The highest BCUT2D eigenvalue weighted by atomic mass is 32.2. The summed E-state index contributed by atoms with van der Waals surface area (Å²) in [4.78, 5) is 29.6. The zero-order chi connectivity index (χ0) is 27.3. The van der Waals surface area contributed by atoms with E-state index in [1.54, 1.807) is 11.8 Å². The Kier molecular flexibility index (Phi) is 8.16. The number of likely N-dealkylation sites (tertiary alicyclic amines) is 1. The van der Waals surface area contributed by atoms with Gasteiger partial charge in [0, 0.05) is 47.9 Å². The molecule has 0 bridgehead atoms. The number of hydrogen-bond acceptors (Lipinski definition) is 7. The van der Waals surface area contributed by atoms with Crippen LogP contribution < -0.4 is 10.2 Å². The second-order valence-electron chi connectivity index (χ2n) is 10.5. The van der Waals surface area contributed by atoms with Crippen molar-refractivity contribution in [2.75, 3.05) is 36.4 Å². The predicted molar refractivity (Wildman–Crippen MR) is 161 cm³/mol. The average molecular weight is 554 g/mol. The number of anilines is 2. The number of fused-ring (bicyclic) bond motifs is 1. The fourth-order valence-corrected chi connectivity index (χ4v) is 6.79. The summed E-state index contributed by atoms with van der Waals surface area (Å²) in [6.07, 6.45) is 4.14. The lowest BCUT2D eigenvalue weighted by Gasteiger charge is -2.35. The Morgan fingerprint density at radius 1 is 0.875 bits per heavy atom. The minimum atomic E-state index is 0.0122. The monoisotopic (exact) mass is 553 g/mol. The molecule has 1 unspecified atom stereocenters. The third-order valence-corrected chi connectivity index (χ3v) is 9.08. The molecule has 2 aliphatic heterocycles. The van der Waals surface area contributed by atoms with Crippen LogP contribution in [0.25, 0.3) is 10.9 Å². The van der Waals surface area contributed by atoms with E-state index in [1.807, 2.05) is 59.5 Å². The lowest BCUT2D eigenvalue weighted by Crippen LogP contribution is -2.44. The first-order valence-electron chi connectivity index (χ1n) is 14.2. The van der Waals surface area contributed by atoms with E-state index in [1.165, 1.54) is 0 Å². The Labute approximate surface area is 239 Å². The molecule has 2 aliphatic rings. The van der Waals surface area contributed by atoms with Crippen LogP contribution in [0.4, 0.5) is 11.8 Å². The van der Waals surface area contributed by atoms with E-state index in [0.29, 0.717) is 24.9 Å². The molecular formula is C32H35N5O2S. The Balaban J connectivity index is 1.23. The smallest absolute Gasteiger partial charge is 0.227 e. The summed E-state index contributed by atoms with van der Waals surface area (Å²) in [7, 11) is 0. The van der Waals surface area contributed by atoms with Crippen molar-refractivity contribution in [1.82, 2.24) is 14.9 Å². The summed E-state index contributed by atoms with van der Waals surface area (Å²) < 4.78 is 0. The van der Waals surface area contributed by atoms with Crippen molar-refractivity contribution in [2.24, 2.45) is 5.92 Å². The SMILES string of the molecule is O=C(C1CCCN(c2nc(NCc3ccccc3Sc3ccccc3CO)nc3ccccc23)C1)N1CCCC1. The molecule has 40 heavy (non-hydrogen) atoms. The zero-order valence-electron chi connectivity index (χ0n) is 22.6. The highest BCUT2D eigenvalue weighted by molar-refractivity contribution is 7.99. The molecule has 2 N–H and O–H groups in total. The number of para-hydroxylation sites is 1. The third-order valence-electron chi connectivity index (χ3n) is 7.84. The van der Waals surface area contributed by atoms with Gasteiger partial charge in [0.05, 0.1) is 18.0 Å². The van der Waals surface area contributed by atoms with Crippen molar-refractivity contribution < 1.29 is 9.90 Å². The number of nitrogens with zero attached hydrogens (tertiary/aromatic N) is 4. The largest absolute Gasteiger partial charge is 0.392 e. The van der Waals surface area contributed by atoms with Crippen LogP contribution in [0.3, 0.4) is 0 Å². The molecule has 0 radical (unpaired) electrons. The molecule has 1 aromatic heterocycles. The molecular weight excluding hydrogens is 518 g/mol. The molecule has 4 aromatic rings. The highest BCUT2D eigenvalue weighted by Crippen LogP contribution is 2.34. The average Bonchev–Trinajstić information content (AvgIpc) is 3.55. The molecule has 0 saturated carbocycles. The maximum absolute atomic E-state index is 13.2. The number of piperidine rings is 1. The second kappa shape index (κ2) is 12.3.